The van der Waals surface area contributed by atoms with Gasteiger partial charge in [0.05, 0.1) is 28.2 Å². The summed E-state index contributed by atoms with van der Waals surface area (Å²) in [6.07, 6.45) is -3.45. The molecule has 12 heteroatoms. The van der Waals surface area contributed by atoms with E-state index in [1.54, 1.807) is 22.8 Å². The number of piperazine rings is 1. The molecule has 2 aromatic rings. The van der Waals surface area contributed by atoms with Gasteiger partial charge in [-0.3, -0.25) is 14.6 Å². The zero-order chi connectivity index (χ0) is 26.7. The Bertz CT molecular complexity index is 1160. The Morgan fingerprint density at radius 2 is 1.94 bits per heavy atom. The van der Waals surface area contributed by atoms with Gasteiger partial charge in [0.1, 0.15) is 17.5 Å². The lowest BCUT2D eigenvalue weighted by Crippen LogP contribution is -2.54. The molecule has 2 amide bonds. The average molecular weight is 528 g/mol. The lowest BCUT2D eigenvalue weighted by atomic mass is 9.93. The summed E-state index contributed by atoms with van der Waals surface area (Å²) in [5, 5.41) is 2.47. The van der Waals surface area contributed by atoms with E-state index >= 15 is 0 Å². The van der Waals surface area contributed by atoms with Crippen molar-refractivity contribution in [1.82, 2.24) is 14.8 Å². The third-order valence-electron chi connectivity index (χ3n) is 6.01. The Morgan fingerprint density at radius 1 is 1.25 bits per heavy atom. The molecule has 0 aliphatic carbocycles. The molecular weight excluding hydrogens is 502 g/mol. The zero-order valence-electron chi connectivity index (χ0n) is 19.9. The van der Waals surface area contributed by atoms with E-state index in [1.165, 1.54) is 24.3 Å². The molecule has 1 aromatic heterocycles. The number of aliphatic imine (C=N–C) groups is 1. The van der Waals surface area contributed by atoms with Crippen molar-refractivity contribution in [2.24, 2.45) is 10.4 Å². The van der Waals surface area contributed by atoms with Crippen molar-refractivity contribution in [3.05, 3.63) is 46.7 Å². The Labute approximate surface area is 211 Å². The molecule has 0 radical (unpaired) electrons. The van der Waals surface area contributed by atoms with E-state index in [-0.39, 0.29) is 46.1 Å². The van der Waals surface area contributed by atoms with Crippen LogP contribution in [0.3, 0.4) is 0 Å². The Morgan fingerprint density at radius 3 is 2.53 bits per heavy atom. The van der Waals surface area contributed by atoms with Gasteiger partial charge in [-0.15, -0.1) is 0 Å². The number of halogens is 5. The first-order valence-corrected chi connectivity index (χ1v) is 11.5. The molecular formula is C24H26ClF4N5O2. The van der Waals surface area contributed by atoms with Crippen LogP contribution >= 0.6 is 11.6 Å². The number of nitrogens with zero attached hydrogens (tertiary/aromatic N) is 4. The van der Waals surface area contributed by atoms with E-state index in [4.69, 9.17) is 11.6 Å². The first-order chi connectivity index (χ1) is 16.9. The number of hydrogen-bond acceptors (Lipinski definition) is 4. The van der Waals surface area contributed by atoms with E-state index < -0.39 is 24.0 Å². The number of amidine groups is 1. The van der Waals surface area contributed by atoms with Gasteiger partial charge in [-0.25, -0.2) is 9.37 Å². The Kier molecular flexibility index (Phi) is 8.22. The van der Waals surface area contributed by atoms with Gasteiger partial charge >= 0.3 is 6.18 Å². The summed E-state index contributed by atoms with van der Waals surface area (Å²) >= 11 is 6.48. The van der Waals surface area contributed by atoms with Gasteiger partial charge in [0.25, 0.3) is 0 Å². The summed E-state index contributed by atoms with van der Waals surface area (Å²) in [4.78, 5) is 34.7. The number of nitrogens with one attached hydrogen (secondary N) is 1. The summed E-state index contributed by atoms with van der Waals surface area (Å²) in [6.45, 7) is 4.18. The normalized spacial score (nSPS) is 17.2. The van der Waals surface area contributed by atoms with Crippen LogP contribution in [0, 0.1) is 11.2 Å². The highest BCUT2D eigenvalue weighted by Gasteiger charge is 2.47. The second-order valence-electron chi connectivity index (χ2n) is 9.12. The van der Waals surface area contributed by atoms with Gasteiger partial charge in [-0.05, 0) is 39.0 Å². The molecule has 1 atom stereocenters. The van der Waals surface area contributed by atoms with E-state index in [0.717, 1.165) is 13.8 Å². The predicted molar refractivity (Wildman–Crippen MR) is 129 cm³/mol. The van der Waals surface area contributed by atoms with Crippen LogP contribution in [0.4, 0.5) is 23.4 Å². The quantitative estimate of drug-likeness (QED) is 0.247. The molecule has 1 unspecified atom stereocenters. The maximum Gasteiger partial charge on any atom is 0.395 e. The lowest BCUT2D eigenvalue weighted by molar-refractivity contribution is -0.207. The van der Waals surface area contributed by atoms with Gasteiger partial charge in [-0.2, -0.15) is 13.2 Å². The predicted octanol–water partition coefficient (Wildman–Crippen LogP) is 4.61. The number of alkyl halides is 3. The molecule has 2 heterocycles. The molecule has 0 spiro atoms. The van der Waals surface area contributed by atoms with Gasteiger partial charge in [0.2, 0.25) is 12.8 Å². The number of pyridine rings is 1. The first kappa shape index (κ1) is 27.4. The monoisotopic (exact) mass is 527 g/mol. The summed E-state index contributed by atoms with van der Waals surface area (Å²) < 4.78 is 55.2. The highest BCUT2D eigenvalue weighted by Crippen LogP contribution is 2.38. The number of hydrogen-bond donors (Lipinski definition) is 1. The molecule has 36 heavy (non-hydrogen) atoms. The van der Waals surface area contributed by atoms with E-state index in [2.05, 4.69) is 15.3 Å². The van der Waals surface area contributed by atoms with E-state index in [0.29, 0.717) is 25.9 Å². The third-order valence-corrected chi connectivity index (χ3v) is 6.30. The number of carbonyl (C=O) groups is 2. The van der Waals surface area contributed by atoms with Crippen molar-refractivity contribution >= 4 is 36.1 Å². The topological polar surface area (TPSA) is 77.9 Å². The molecule has 194 valence electrons. The summed E-state index contributed by atoms with van der Waals surface area (Å²) in [5.74, 6) is -0.499. The minimum Gasteiger partial charge on any atom is -0.350 e. The van der Waals surface area contributed by atoms with Crippen LogP contribution in [-0.4, -0.2) is 71.8 Å². The highest BCUT2D eigenvalue weighted by molar-refractivity contribution is 6.33. The summed E-state index contributed by atoms with van der Waals surface area (Å²) in [5.41, 5.74) is -1.82. The van der Waals surface area contributed by atoms with Crippen molar-refractivity contribution in [2.75, 3.05) is 31.5 Å². The summed E-state index contributed by atoms with van der Waals surface area (Å²) in [6, 6.07) is 6.88. The summed E-state index contributed by atoms with van der Waals surface area (Å²) in [7, 11) is 0. The fourth-order valence-corrected chi connectivity index (χ4v) is 4.01. The minimum absolute atomic E-state index is 0.0218. The smallest absolute Gasteiger partial charge is 0.350 e. The number of rotatable bonds is 7. The van der Waals surface area contributed by atoms with Gasteiger partial charge < -0.3 is 15.1 Å². The van der Waals surface area contributed by atoms with Crippen molar-refractivity contribution in [2.45, 2.75) is 33.0 Å². The largest absolute Gasteiger partial charge is 0.395 e. The molecule has 3 rings (SSSR count). The average Bonchev–Trinajstić information content (AvgIpc) is 2.81. The number of anilines is 1. The van der Waals surface area contributed by atoms with Crippen molar-refractivity contribution in [3.8, 4) is 11.3 Å². The van der Waals surface area contributed by atoms with Crippen LogP contribution in [0.25, 0.3) is 11.3 Å². The van der Waals surface area contributed by atoms with Gasteiger partial charge in [0.15, 0.2) is 0 Å². The molecule has 0 saturated carbocycles. The first-order valence-electron chi connectivity index (χ1n) is 11.1. The lowest BCUT2D eigenvalue weighted by Gasteiger charge is -2.41. The number of carbonyl (C=O) groups excluding carboxylic acids is 2. The van der Waals surface area contributed by atoms with Crippen molar-refractivity contribution in [3.63, 3.8) is 0 Å². The number of benzene rings is 1. The fourth-order valence-electron chi connectivity index (χ4n) is 3.76. The van der Waals surface area contributed by atoms with Gasteiger partial charge in [0, 0.05) is 31.2 Å². The van der Waals surface area contributed by atoms with Crippen LogP contribution in [0.1, 0.15) is 26.3 Å². The van der Waals surface area contributed by atoms with Crippen LogP contribution in [0.5, 0.6) is 0 Å². The molecule has 7 nitrogen and oxygen atoms in total. The molecule has 1 fully saturated rings. The van der Waals surface area contributed by atoms with Crippen molar-refractivity contribution < 1.29 is 27.2 Å². The Balaban J connectivity index is 2.17. The molecule has 1 aliphatic rings. The standard InChI is InChI=1S/C24H26ClF4N5O2/c1-15-11-33(14-36)8-9-34(15)22(30-12-23(2,3)24(27,28)29)17-10-18(25)20(32-21(17)31-13-35)16-6-4-5-7-19(16)26/h4-7,10,13-15H,8-9,11-12H2,1-3H3,(H,31,32,35)/b30-22+. The number of aromatic nitrogens is 1. The van der Waals surface area contributed by atoms with Crippen LogP contribution in [0.2, 0.25) is 5.02 Å². The second kappa shape index (κ2) is 10.8. The van der Waals surface area contributed by atoms with Crippen LogP contribution in [0.15, 0.2) is 35.3 Å². The minimum atomic E-state index is -4.52. The van der Waals surface area contributed by atoms with Crippen LogP contribution < -0.4 is 5.32 Å². The molecule has 0 bridgehead atoms. The van der Waals surface area contributed by atoms with Crippen LogP contribution in [-0.2, 0) is 9.59 Å². The molecule has 1 N–H and O–H groups in total. The second-order valence-corrected chi connectivity index (χ2v) is 9.53. The maximum absolute atomic E-state index is 14.4. The van der Waals surface area contributed by atoms with E-state index in [9.17, 15) is 27.2 Å². The molecule has 1 saturated heterocycles. The van der Waals surface area contributed by atoms with E-state index in [1.807, 2.05) is 0 Å². The zero-order valence-corrected chi connectivity index (χ0v) is 20.7. The number of amides is 2. The molecule has 1 aliphatic heterocycles. The Hall–Kier alpha value is -3.21. The SMILES string of the molecule is CC1CN(C=O)CCN1/C(=N/CC(C)(C)C(F)(F)F)c1cc(Cl)c(-c2ccccc2F)nc1NC=O. The van der Waals surface area contributed by atoms with Gasteiger partial charge in [-0.1, -0.05) is 23.7 Å². The highest BCUT2D eigenvalue weighted by atomic mass is 35.5. The molecule has 1 aromatic carbocycles. The van der Waals surface area contributed by atoms with Crippen molar-refractivity contribution in [1.29, 1.82) is 0 Å². The fraction of sp³-hybridized carbons (Fsp3) is 0.417. The maximum atomic E-state index is 14.4. The third kappa shape index (κ3) is 5.77.